The van der Waals surface area contributed by atoms with Gasteiger partial charge in [-0.25, -0.2) is 0 Å². The standard InChI is InChI=1S/C20H18N4O3S2/c25-18(13-12-16-10-4-5-11-17(16)24(26)27)21-19-22-23-20(29-19)28-14-6-9-15-7-2-1-3-8-15/h1-5,7-8,10-13H,6,9,14H2,(H,21,22,25)/b13-12+. The van der Waals surface area contributed by atoms with Crippen molar-refractivity contribution in [1.29, 1.82) is 0 Å². The molecule has 1 N–H and O–H groups in total. The number of nitrogens with zero attached hydrogens (tertiary/aromatic N) is 3. The molecule has 9 heteroatoms. The van der Waals surface area contributed by atoms with Crippen LogP contribution in [0.2, 0.25) is 0 Å². The Morgan fingerprint density at radius 2 is 1.90 bits per heavy atom. The number of nitrogens with one attached hydrogen (secondary N) is 1. The Labute approximate surface area is 176 Å². The Hall–Kier alpha value is -3.04. The van der Waals surface area contributed by atoms with Crippen LogP contribution in [0.4, 0.5) is 10.8 Å². The summed E-state index contributed by atoms with van der Waals surface area (Å²) in [6, 6.07) is 16.5. The molecule has 1 amide bonds. The lowest BCUT2D eigenvalue weighted by Gasteiger charge is -1.99. The van der Waals surface area contributed by atoms with Crippen molar-refractivity contribution >= 4 is 45.9 Å². The third kappa shape index (κ3) is 6.51. The summed E-state index contributed by atoms with van der Waals surface area (Å²) in [5.74, 6) is 0.495. The first-order valence-electron chi connectivity index (χ1n) is 8.84. The molecule has 1 heterocycles. The third-order valence-corrected chi connectivity index (χ3v) is 5.92. The van der Waals surface area contributed by atoms with Crippen LogP contribution in [0, 0.1) is 10.1 Å². The molecule has 0 aliphatic carbocycles. The largest absolute Gasteiger partial charge is 0.297 e. The highest BCUT2D eigenvalue weighted by atomic mass is 32.2. The van der Waals surface area contributed by atoms with Gasteiger partial charge in [0.25, 0.3) is 5.69 Å². The number of aryl methyl sites for hydroxylation is 1. The maximum Gasteiger partial charge on any atom is 0.276 e. The molecule has 3 aromatic rings. The number of anilines is 1. The Kier molecular flexibility index (Phi) is 7.48. The van der Waals surface area contributed by atoms with Gasteiger partial charge in [0.15, 0.2) is 4.34 Å². The number of benzene rings is 2. The Morgan fingerprint density at radius 1 is 1.14 bits per heavy atom. The van der Waals surface area contributed by atoms with E-state index in [1.807, 2.05) is 18.2 Å². The van der Waals surface area contributed by atoms with E-state index in [1.165, 1.54) is 35.1 Å². The monoisotopic (exact) mass is 426 g/mol. The molecule has 0 unspecified atom stereocenters. The highest BCUT2D eigenvalue weighted by Crippen LogP contribution is 2.26. The van der Waals surface area contributed by atoms with Crippen LogP contribution < -0.4 is 5.32 Å². The summed E-state index contributed by atoms with van der Waals surface area (Å²) in [6.45, 7) is 0. The van der Waals surface area contributed by atoms with E-state index in [1.54, 1.807) is 30.0 Å². The number of nitro groups is 1. The van der Waals surface area contributed by atoms with Gasteiger partial charge in [-0.1, -0.05) is 65.6 Å². The van der Waals surface area contributed by atoms with Crippen LogP contribution in [0.3, 0.4) is 0 Å². The van der Waals surface area contributed by atoms with E-state index in [9.17, 15) is 14.9 Å². The lowest BCUT2D eigenvalue weighted by atomic mass is 10.1. The van der Waals surface area contributed by atoms with E-state index in [2.05, 4.69) is 27.6 Å². The van der Waals surface area contributed by atoms with Crippen molar-refractivity contribution in [3.8, 4) is 0 Å². The molecule has 0 saturated carbocycles. The maximum absolute atomic E-state index is 12.1. The lowest BCUT2D eigenvalue weighted by Crippen LogP contribution is -2.07. The number of carbonyl (C=O) groups excluding carboxylic acids is 1. The van der Waals surface area contributed by atoms with Gasteiger partial charge < -0.3 is 0 Å². The van der Waals surface area contributed by atoms with Crippen LogP contribution in [0.1, 0.15) is 17.5 Å². The van der Waals surface area contributed by atoms with Crippen LogP contribution in [-0.2, 0) is 11.2 Å². The van der Waals surface area contributed by atoms with E-state index in [0.29, 0.717) is 10.7 Å². The van der Waals surface area contributed by atoms with Gasteiger partial charge in [0, 0.05) is 17.9 Å². The first-order chi connectivity index (χ1) is 14.1. The van der Waals surface area contributed by atoms with Crippen molar-refractivity contribution in [2.24, 2.45) is 0 Å². The summed E-state index contributed by atoms with van der Waals surface area (Å²) >= 11 is 2.91. The average molecular weight is 427 g/mol. The Balaban J connectivity index is 1.47. The molecule has 0 saturated heterocycles. The number of amides is 1. The van der Waals surface area contributed by atoms with Crippen molar-refractivity contribution in [2.75, 3.05) is 11.1 Å². The molecule has 1 aromatic heterocycles. The minimum Gasteiger partial charge on any atom is -0.297 e. The van der Waals surface area contributed by atoms with Gasteiger partial charge in [0.05, 0.1) is 10.5 Å². The number of aromatic nitrogens is 2. The number of carbonyl (C=O) groups is 1. The first-order valence-corrected chi connectivity index (χ1v) is 10.6. The second kappa shape index (κ2) is 10.5. The van der Waals surface area contributed by atoms with Crippen LogP contribution >= 0.6 is 23.1 Å². The van der Waals surface area contributed by atoms with Gasteiger partial charge in [0.1, 0.15) is 0 Å². The van der Waals surface area contributed by atoms with Gasteiger partial charge in [0.2, 0.25) is 11.0 Å². The van der Waals surface area contributed by atoms with Gasteiger partial charge in [-0.3, -0.25) is 20.2 Å². The molecule has 0 spiro atoms. The second-order valence-electron chi connectivity index (χ2n) is 5.95. The molecule has 0 radical (unpaired) electrons. The van der Waals surface area contributed by atoms with Gasteiger partial charge in [-0.2, -0.15) is 0 Å². The van der Waals surface area contributed by atoms with Crippen LogP contribution in [-0.4, -0.2) is 26.8 Å². The molecule has 0 atom stereocenters. The van der Waals surface area contributed by atoms with Crippen molar-refractivity contribution in [3.05, 3.63) is 81.9 Å². The summed E-state index contributed by atoms with van der Waals surface area (Å²) in [4.78, 5) is 22.6. The van der Waals surface area contributed by atoms with Crippen molar-refractivity contribution in [2.45, 2.75) is 17.2 Å². The fourth-order valence-corrected chi connectivity index (χ4v) is 4.27. The molecule has 29 heavy (non-hydrogen) atoms. The van der Waals surface area contributed by atoms with E-state index >= 15 is 0 Å². The highest BCUT2D eigenvalue weighted by molar-refractivity contribution is 8.01. The molecule has 0 aliphatic rings. The van der Waals surface area contributed by atoms with Crippen LogP contribution in [0.15, 0.2) is 65.0 Å². The normalized spacial score (nSPS) is 10.9. The molecule has 3 rings (SSSR count). The number of para-hydroxylation sites is 1. The maximum atomic E-state index is 12.1. The van der Waals surface area contributed by atoms with Crippen molar-refractivity contribution in [1.82, 2.24) is 10.2 Å². The van der Waals surface area contributed by atoms with E-state index < -0.39 is 10.8 Å². The summed E-state index contributed by atoms with van der Waals surface area (Å²) in [6.07, 6.45) is 4.69. The topological polar surface area (TPSA) is 98.0 Å². The minimum atomic E-state index is -0.483. The smallest absolute Gasteiger partial charge is 0.276 e. The molecule has 148 valence electrons. The summed E-state index contributed by atoms with van der Waals surface area (Å²) < 4.78 is 0.788. The molecule has 7 nitrogen and oxygen atoms in total. The fraction of sp³-hybridized carbons (Fsp3) is 0.150. The van der Waals surface area contributed by atoms with Crippen LogP contribution in [0.25, 0.3) is 6.08 Å². The zero-order chi connectivity index (χ0) is 20.5. The van der Waals surface area contributed by atoms with E-state index in [4.69, 9.17) is 0 Å². The number of thioether (sulfide) groups is 1. The zero-order valence-corrected chi connectivity index (χ0v) is 17.0. The molecule has 0 fully saturated rings. The third-order valence-electron chi connectivity index (χ3n) is 3.86. The van der Waals surface area contributed by atoms with Crippen LogP contribution in [0.5, 0.6) is 0 Å². The predicted molar refractivity (Wildman–Crippen MR) is 116 cm³/mol. The predicted octanol–water partition coefficient (Wildman–Crippen LogP) is 4.82. The Morgan fingerprint density at radius 3 is 2.69 bits per heavy atom. The highest BCUT2D eigenvalue weighted by Gasteiger charge is 2.11. The second-order valence-corrected chi connectivity index (χ2v) is 8.27. The van der Waals surface area contributed by atoms with Crippen molar-refractivity contribution < 1.29 is 9.72 Å². The fourth-order valence-electron chi connectivity index (χ4n) is 2.51. The first kappa shape index (κ1) is 20.7. The summed E-state index contributed by atoms with van der Waals surface area (Å²) in [5.41, 5.74) is 1.62. The SMILES string of the molecule is O=C(/C=C/c1ccccc1[N+](=O)[O-])Nc1nnc(SCCCc2ccccc2)s1. The van der Waals surface area contributed by atoms with Gasteiger partial charge >= 0.3 is 0 Å². The van der Waals surface area contributed by atoms with E-state index in [0.717, 1.165) is 22.9 Å². The summed E-state index contributed by atoms with van der Waals surface area (Å²) in [7, 11) is 0. The van der Waals surface area contributed by atoms with E-state index in [-0.39, 0.29) is 5.69 Å². The molecular weight excluding hydrogens is 408 g/mol. The zero-order valence-electron chi connectivity index (χ0n) is 15.4. The van der Waals surface area contributed by atoms with Gasteiger partial charge in [-0.05, 0) is 30.5 Å². The average Bonchev–Trinajstić information content (AvgIpc) is 3.17. The number of hydrogen-bond donors (Lipinski definition) is 1. The van der Waals surface area contributed by atoms with Crippen molar-refractivity contribution in [3.63, 3.8) is 0 Å². The Bertz CT molecular complexity index is 1010. The summed E-state index contributed by atoms with van der Waals surface area (Å²) in [5, 5.41) is 22.1. The van der Waals surface area contributed by atoms with Gasteiger partial charge in [-0.15, -0.1) is 10.2 Å². The number of nitro benzene ring substituents is 1. The quantitative estimate of drug-likeness (QED) is 0.131. The number of rotatable bonds is 9. The molecule has 2 aromatic carbocycles. The molecule has 0 aliphatic heterocycles. The molecule has 0 bridgehead atoms. The molecular formula is C20H18N4O3S2. The minimum absolute atomic E-state index is 0.0540. The number of hydrogen-bond acceptors (Lipinski definition) is 7. The lowest BCUT2D eigenvalue weighted by molar-refractivity contribution is -0.385.